The fraction of sp³-hybridized carbons (Fsp3) is 0.188. The topological polar surface area (TPSA) is 84.8 Å². The number of H-pyrrole nitrogens is 1. The first kappa shape index (κ1) is 16.3. The quantitative estimate of drug-likeness (QED) is 0.701. The summed E-state index contributed by atoms with van der Waals surface area (Å²) < 4.78 is 7.76. The average Bonchev–Trinajstić information content (AvgIpc) is 3.21. The molecule has 2 aromatic heterocycles. The van der Waals surface area contributed by atoms with Crippen molar-refractivity contribution in [2.45, 2.75) is 6.54 Å². The largest absolute Gasteiger partial charge is 0.497 e. The van der Waals surface area contributed by atoms with Crippen LogP contribution in [-0.2, 0) is 13.6 Å². The Morgan fingerprint density at radius 2 is 2.25 bits per heavy atom. The van der Waals surface area contributed by atoms with E-state index in [1.54, 1.807) is 24.1 Å². The van der Waals surface area contributed by atoms with E-state index in [0.29, 0.717) is 17.9 Å². The lowest BCUT2D eigenvalue weighted by molar-refractivity contribution is 0.0945. The van der Waals surface area contributed by atoms with Crippen LogP contribution in [0.1, 0.15) is 16.2 Å². The highest BCUT2D eigenvalue weighted by Gasteiger charge is 2.13. The molecule has 124 valence electrons. The van der Waals surface area contributed by atoms with E-state index >= 15 is 0 Å². The van der Waals surface area contributed by atoms with E-state index in [4.69, 9.17) is 4.74 Å². The molecule has 2 N–H and O–H groups in total. The lowest BCUT2D eigenvalue weighted by Crippen LogP contribution is -2.24. The van der Waals surface area contributed by atoms with E-state index in [2.05, 4.69) is 36.5 Å². The van der Waals surface area contributed by atoms with Crippen LogP contribution in [0.15, 0.2) is 41.0 Å². The lowest BCUT2D eigenvalue weighted by Gasteiger charge is -2.04. The van der Waals surface area contributed by atoms with Crippen molar-refractivity contribution in [3.05, 3.63) is 52.4 Å². The molecule has 1 aromatic carbocycles. The summed E-state index contributed by atoms with van der Waals surface area (Å²) in [6.07, 6.45) is 1.69. The summed E-state index contributed by atoms with van der Waals surface area (Å²) in [5.41, 5.74) is 2.83. The van der Waals surface area contributed by atoms with Gasteiger partial charge in [-0.1, -0.05) is 12.1 Å². The molecule has 2 heterocycles. The molecule has 8 heteroatoms. The number of methoxy groups -OCH3 is 1. The number of aromatic amines is 1. The van der Waals surface area contributed by atoms with Gasteiger partial charge in [0.2, 0.25) is 0 Å². The van der Waals surface area contributed by atoms with Crippen LogP contribution >= 0.6 is 15.9 Å². The predicted octanol–water partition coefficient (Wildman–Crippen LogP) is 2.51. The highest BCUT2D eigenvalue weighted by Crippen LogP contribution is 2.22. The molecule has 24 heavy (non-hydrogen) atoms. The number of hydrogen-bond acceptors (Lipinski definition) is 4. The van der Waals surface area contributed by atoms with Gasteiger partial charge in [-0.3, -0.25) is 14.6 Å². The predicted molar refractivity (Wildman–Crippen MR) is 92.7 cm³/mol. The van der Waals surface area contributed by atoms with Crippen LogP contribution in [0.25, 0.3) is 11.3 Å². The smallest absolute Gasteiger partial charge is 0.269 e. The molecule has 0 unspecified atom stereocenters. The zero-order chi connectivity index (χ0) is 17.1. The molecule has 7 nitrogen and oxygen atoms in total. The van der Waals surface area contributed by atoms with Crippen molar-refractivity contribution in [2.24, 2.45) is 7.05 Å². The number of benzene rings is 1. The number of rotatable bonds is 5. The number of nitrogens with zero attached hydrogens (tertiary/aromatic N) is 3. The highest BCUT2D eigenvalue weighted by atomic mass is 79.9. The molecule has 0 aliphatic rings. The molecule has 0 spiro atoms. The summed E-state index contributed by atoms with van der Waals surface area (Å²) in [4.78, 5) is 12.3. The number of amides is 1. The van der Waals surface area contributed by atoms with Crippen molar-refractivity contribution >= 4 is 21.8 Å². The Labute approximate surface area is 147 Å². The van der Waals surface area contributed by atoms with Crippen LogP contribution < -0.4 is 10.1 Å². The van der Waals surface area contributed by atoms with Gasteiger partial charge in [-0.05, 0) is 34.1 Å². The molecule has 0 atom stereocenters. The molecule has 0 fully saturated rings. The van der Waals surface area contributed by atoms with Gasteiger partial charge >= 0.3 is 0 Å². The Hall–Kier alpha value is -2.61. The Bertz CT molecular complexity index is 851. The Kier molecular flexibility index (Phi) is 4.66. The monoisotopic (exact) mass is 389 g/mol. The number of hydrogen-bond donors (Lipinski definition) is 2. The number of aryl methyl sites for hydroxylation is 1. The van der Waals surface area contributed by atoms with Crippen molar-refractivity contribution in [3.8, 4) is 17.0 Å². The summed E-state index contributed by atoms with van der Waals surface area (Å²) in [5.74, 6) is 0.507. The number of aromatic nitrogens is 4. The summed E-state index contributed by atoms with van der Waals surface area (Å²) >= 11 is 3.41. The first-order chi connectivity index (χ1) is 11.6. The summed E-state index contributed by atoms with van der Waals surface area (Å²) in [6.45, 7) is 0.365. The van der Waals surface area contributed by atoms with Crippen molar-refractivity contribution < 1.29 is 9.53 Å². The van der Waals surface area contributed by atoms with Gasteiger partial charge in [0.25, 0.3) is 5.91 Å². The summed E-state index contributed by atoms with van der Waals surface area (Å²) in [7, 11) is 3.43. The van der Waals surface area contributed by atoms with Gasteiger partial charge in [0.1, 0.15) is 11.4 Å². The molecular weight excluding hydrogens is 374 g/mol. The van der Waals surface area contributed by atoms with Crippen LogP contribution in [0.2, 0.25) is 0 Å². The zero-order valence-electron chi connectivity index (χ0n) is 13.2. The third-order valence-corrected chi connectivity index (χ3v) is 4.28. The third kappa shape index (κ3) is 3.33. The van der Waals surface area contributed by atoms with E-state index < -0.39 is 0 Å². The van der Waals surface area contributed by atoms with Crippen LogP contribution in [0.3, 0.4) is 0 Å². The number of halogens is 1. The number of ether oxygens (including phenoxy) is 1. The van der Waals surface area contributed by atoms with Gasteiger partial charge in [-0.15, -0.1) is 0 Å². The second-order valence-electron chi connectivity index (χ2n) is 5.14. The SMILES string of the molecule is COc1cccc(-c2cc(C(=O)NCc3c(Br)cnn3C)[nH]n2)c1. The maximum Gasteiger partial charge on any atom is 0.269 e. The highest BCUT2D eigenvalue weighted by molar-refractivity contribution is 9.10. The average molecular weight is 390 g/mol. The third-order valence-electron chi connectivity index (χ3n) is 3.61. The molecule has 0 bridgehead atoms. The summed E-state index contributed by atoms with van der Waals surface area (Å²) in [5, 5.41) is 13.9. The number of nitrogens with one attached hydrogen (secondary N) is 2. The van der Waals surface area contributed by atoms with Gasteiger partial charge < -0.3 is 10.1 Å². The van der Waals surface area contributed by atoms with Crippen molar-refractivity contribution in [1.29, 1.82) is 0 Å². The molecule has 0 aliphatic carbocycles. The maximum atomic E-state index is 12.3. The van der Waals surface area contributed by atoms with E-state index in [0.717, 1.165) is 21.5 Å². The fourth-order valence-corrected chi connectivity index (χ4v) is 2.75. The van der Waals surface area contributed by atoms with Gasteiger partial charge in [-0.2, -0.15) is 10.2 Å². The molecule has 0 saturated heterocycles. The van der Waals surface area contributed by atoms with Gasteiger partial charge in [0, 0.05) is 12.6 Å². The Morgan fingerprint density at radius 3 is 2.96 bits per heavy atom. The minimum atomic E-state index is -0.232. The second kappa shape index (κ2) is 6.88. The molecular formula is C16H16BrN5O2. The van der Waals surface area contributed by atoms with Crippen LogP contribution in [-0.4, -0.2) is 33.0 Å². The maximum absolute atomic E-state index is 12.3. The van der Waals surface area contributed by atoms with Crippen LogP contribution in [0.5, 0.6) is 5.75 Å². The number of carbonyl (C=O) groups excluding carboxylic acids is 1. The Morgan fingerprint density at radius 1 is 1.42 bits per heavy atom. The van der Waals surface area contributed by atoms with Crippen molar-refractivity contribution in [3.63, 3.8) is 0 Å². The van der Waals surface area contributed by atoms with E-state index in [-0.39, 0.29) is 5.91 Å². The standard InChI is InChI=1S/C16H16BrN5O2/c1-22-15(12(17)8-19-22)9-18-16(23)14-7-13(20-21-14)10-4-3-5-11(6-10)24-2/h3-8H,9H2,1-2H3,(H,18,23)(H,20,21). The van der Waals surface area contributed by atoms with Gasteiger partial charge in [0.15, 0.2) is 0 Å². The first-order valence-corrected chi connectivity index (χ1v) is 8.02. The van der Waals surface area contributed by atoms with Gasteiger partial charge in [0.05, 0.1) is 35.7 Å². The molecule has 3 aromatic rings. The van der Waals surface area contributed by atoms with Gasteiger partial charge in [-0.25, -0.2) is 0 Å². The molecule has 0 aliphatic heterocycles. The molecule has 0 saturated carbocycles. The normalized spacial score (nSPS) is 10.6. The minimum Gasteiger partial charge on any atom is -0.497 e. The van der Waals surface area contributed by atoms with Crippen LogP contribution in [0.4, 0.5) is 0 Å². The van der Waals surface area contributed by atoms with E-state index in [1.165, 1.54) is 0 Å². The van der Waals surface area contributed by atoms with Crippen molar-refractivity contribution in [2.75, 3.05) is 7.11 Å². The number of carbonyl (C=O) groups is 1. The Balaban J connectivity index is 1.71. The molecule has 3 rings (SSSR count). The fourth-order valence-electron chi connectivity index (χ4n) is 2.26. The van der Waals surface area contributed by atoms with Crippen molar-refractivity contribution in [1.82, 2.24) is 25.3 Å². The molecule has 0 radical (unpaired) electrons. The zero-order valence-corrected chi connectivity index (χ0v) is 14.8. The van der Waals surface area contributed by atoms with E-state index in [9.17, 15) is 4.79 Å². The molecule has 1 amide bonds. The van der Waals surface area contributed by atoms with Crippen LogP contribution in [0, 0.1) is 0 Å². The second-order valence-corrected chi connectivity index (χ2v) is 6.00. The lowest BCUT2D eigenvalue weighted by atomic mass is 10.1. The minimum absolute atomic E-state index is 0.232. The van der Waals surface area contributed by atoms with E-state index in [1.807, 2.05) is 31.3 Å². The summed E-state index contributed by atoms with van der Waals surface area (Å²) in [6, 6.07) is 9.22. The first-order valence-electron chi connectivity index (χ1n) is 7.23.